The number of ether oxygens (including phenoxy) is 1. The predicted molar refractivity (Wildman–Crippen MR) is 114 cm³/mol. The number of hydrogen-bond donors (Lipinski definition) is 1. The van der Waals surface area contributed by atoms with Crippen molar-refractivity contribution in [3.8, 4) is 0 Å². The molecule has 1 N–H and O–H groups in total. The van der Waals surface area contributed by atoms with Crippen molar-refractivity contribution in [2.45, 2.75) is 45.9 Å². The van der Waals surface area contributed by atoms with Gasteiger partial charge >= 0.3 is 0 Å². The summed E-state index contributed by atoms with van der Waals surface area (Å²) in [7, 11) is 1.65. The van der Waals surface area contributed by atoms with Crippen molar-refractivity contribution in [2.24, 2.45) is 0 Å². The normalized spacial score (nSPS) is 11.0. The van der Waals surface area contributed by atoms with E-state index in [-0.39, 0.29) is 17.2 Å². The molecule has 0 atom stereocenters. The maximum absolute atomic E-state index is 13.0. The molecule has 3 rings (SSSR count). The summed E-state index contributed by atoms with van der Waals surface area (Å²) in [5.74, 6) is -0.294. The summed E-state index contributed by atoms with van der Waals surface area (Å²) in [5.41, 5.74) is 2.14. The molecule has 29 heavy (non-hydrogen) atoms. The third-order valence-corrected chi connectivity index (χ3v) is 4.91. The fourth-order valence-electron chi connectivity index (χ4n) is 3.35. The Balaban J connectivity index is 1.89. The zero-order valence-electron chi connectivity index (χ0n) is 17.0. The van der Waals surface area contributed by atoms with Gasteiger partial charge in [-0.25, -0.2) is 4.68 Å². The lowest BCUT2D eigenvalue weighted by atomic mass is 10.1. The minimum Gasteiger partial charge on any atom is -0.380 e. The number of fused-ring (bicyclic) bond motifs is 1. The van der Waals surface area contributed by atoms with E-state index in [0.717, 1.165) is 30.4 Å². The second-order valence-electron chi connectivity index (χ2n) is 7.01. The van der Waals surface area contributed by atoms with E-state index in [1.165, 1.54) is 4.68 Å². The van der Waals surface area contributed by atoms with Gasteiger partial charge in [-0.3, -0.25) is 9.59 Å². The number of nitrogens with one attached hydrogen (secondary N) is 1. The Labute approximate surface area is 170 Å². The molecule has 0 aliphatic carbocycles. The number of aryl methyl sites for hydroxylation is 1. The summed E-state index contributed by atoms with van der Waals surface area (Å²) in [5, 5.41) is 8.45. The smallest absolute Gasteiger partial charge is 0.274 e. The van der Waals surface area contributed by atoms with Gasteiger partial charge in [0.25, 0.3) is 11.5 Å². The van der Waals surface area contributed by atoms with E-state index in [1.807, 2.05) is 36.4 Å². The number of amides is 1. The lowest BCUT2D eigenvalue weighted by Crippen LogP contribution is -2.30. The zero-order chi connectivity index (χ0) is 20.6. The highest BCUT2D eigenvalue weighted by molar-refractivity contribution is 6.04. The van der Waals surface area contributed by atoms with Crippen LogP contribution in [-0.4, -0.2) is 22.8 Å². The monoisotopic (exact) mass is 393 g/mol. The van der Waals surface area contributed by atoms with E-state index in [9.17, 15) is 9.59 Å². The molecule has 0 bridgehead atoms. The topological polar surface area (TPSA) is 73.2 Å². The van der Waals surface area contributed by atoms with E-state index in [0.29, 0.717) is 30.5 Å². The van der Waals surface area contributed by atoms with Crippen LogP contribution < -0.4 is 10.9 Å². The molecule has 2 aromatic carbocycles. The number of carbonyl (C=O) groups excluding carboxylic acids is 1. The fraction of sp³-hybridized carbons (Fsp3) is 0.348. The highest BCUT2D eigenvalue weighted by Gasteiger charge is 2.16. The minimum atomic E-state index is -0.294. The Morgan fingerprint density at radius 1 is 1.03 bits per heavy atom. The van der Waals surface area contributed by atoms with E-state index in [1.54, 1.807) is 19.2 Å². The highest BCUT2D eigenvalue weighted by atomic mass is 16.5. The molecule has 1 heterocycles. The first-order valence-corrected chi connectivity index (χ1v) is 9.99. The molecule has 6 heteroatoms. The minimum absolute atomic E-state index is 0.154. The second-order valence-corrected chi connectivity index (χ2v) is 7.01. The Morgan fingerprint density at radius 2 is 1.72 bits per heavy atom. The lowest BCUT2D eigenvalue weighted by Gasteiger charge is -2.13. The molecule has 1 aromatic heterocycles. The number of nitrogens with zero attached hydrogens (tertiary/aromatic N) is 2. The van der Waals surface area contributed by atoms with Crippen LogP contribution in [0.2, 0.25) is 0 Å². The molecule has 3 aromatic rings. The Hall–Kier alpha value is -2.99. The van der Waals surface area contributed by atoms with Crippen LogP contribution in [0.4, 0.5) is 0 Å². The second kappa shape index (κ2) is 9.98. The third kappa shape index (κ3) is 4.90. The van der Waals surface area contributed by atoms with Crippen LogP contribution in [0.15, 0.2) is 53.3 Å². The molecule has 0 saturated carbocycles. The van der Waals surface area contributed by atoms with Crippen molar-refractivity contribution in [3.63, 3.8) is 0 Å². The quantitative estimate of drug-likeness (QED) is 0.563. The zero-order valence-corrected chi connectivity index (χ0v) is 17.0. The van der Waals surface area contributed by atoms with E-state index in [2.05, 4.69) is 17.3 Å². The largest absolute Gasteiger partial charge is 0.380 e. The predicted octanol–water partition coefficient (Wildman–Crippen LogP) is 3.66. The van der Waals surface area contributed by atoms with Gasteiger partial charge in [-0.15, -0.1) is 0 Å². The van der Waals surface area contributed by atoms with Gasteiger partial charge in [0.15, 0.2) is 5.69 Å². The molecule has 1 amide bonds. The fourth-order valence-corrected chi connectivity index (χ4v) is 3.35. The van der Waals surface area contributed by atoms with Crippen LogP contribution in [0.1, 0.15) is 47.8 Å². The van der Waals surface area contributed by atoms with Crippen molar-refractivity contribution in [1.29, 1.82) is 0 Å². The molecule has 0 unspecified atom stereocenters. The average Bonchev–Trinajstić information content (AvgIpc) is 2.75. The summed E-state index contributed by atoms with van der Waals surface area (Å²) >= 11 is 0. The number of carbonyl (C=O) groups is 1. The maximum atomic E-state index is 13.0. The van der Waals surface area contributed by atoms with Gasteiger partial charge in [-0.2, -0.15) is 5.10 Å². The molecule has 0 spiro atoms. The summed E-state index contributed by atoms with van der Waals surface area (Å²) in [4.78, 5) is 25.7. The molecular weight excluding hydrogens is 366 g/mol. The summed E-state index contributed by atoms with van der Waals surface area (Å²) in [6.45, 7) is 3.46. The Kier molecular flexibility index (Phi) is 7.14. The van der Waals surface area contributed by atoms with Crippen LogP contribution in [0, 0.1) is 0 Å². The molecular formula is C23H27N3O3. The molecule has 0 fully saturated rings. The first-order chi connectivity index (χ1) is 14.2. The van der Waals surface area contributed by atoms with E-state index >= 15 is 0 Å². The average molecular weight is 393 g/mol. The highest BCUT2D eigenvalue weighted by Crippen LogP contribution is 2.15. The summed E-state index contributed by atoms with van der Waals surface area (Å²) < 4.78 is 6.65. The van der Waals surface area contributed by atoms with E-state index < -0.39 is 0 Å². The van der Waals surface area contributed by atoms with E-state index in [4.69, 9.17) is 4.74 Å². The number of methoxy groups -OCH3 is 1. The van der Waals surface area contributed by atoms with Crippen molar-refractivity contribution in [1.82, 2.24) is 15.1 Å². The van der Waals surface area contributed by atoms with Crippen LogP contribution in [0.25, 0.3) is 10.8 Å². The molecule has 0 radical (unpaired) electrons. The van der Waals surface area contributed by atoms with Gasteiger partial charge in [0.1, 0.15) is 0 Å². The van der Waals surface area contributed by atoms with Crippen LogP contribution in [0.5, 0.6) is 0 Å². The number of aromatic nitrogens is 2. The van der Waals surface area contributed by atoms with Gasteiger partial charge in [0.2, 0.25) is 0 Å². The van der Waals surface area contributed by atoms with Crippen LogP contribution in [-0.2, 0) is 24.4 Å². The number of benzene rings is 2. The van der Waals surface area contributed by atoms with Gasteiger partial charge in [0.05, 0.1) is 12.0 Å². The SMILES string of the molecule is CCCCCn1nc(C(=O)NCc2ccccc2COC)c2ccccc2c1=O. The van der Waals surface area contributed by atoms with Gasteiger partial charge in [0, 0.05) is 25.6 Å². The van der Waals surface area contributed by atoms with Crippen molar-refractivity contribution < 1.29 is 9.53 Å². The lowest BCUT2D eigenvalue weighted by molar-refractivity contribution is 0.0945. The van der Waals surface area contributed by atoms with Gasteiger partial charge in [-0.1, -0.05) is 62.2 Å². The molecule has 0 aliphatic heterocycles. The Morgan fingerprint density at radius 3 is 2.45 bits per heavy atom. The number of hydrogen-bond acceptors (Lipinski definition) is 4. The molecule has 6 nitrogen and oxygen atoms in total. The summed E-state index contributed by atoms with van der Waals surface area (Å²) in [6.07, 6.45) is 2.92. The standard InChI is InChI=1S/C23H27N3O3/c1-3-4-9-14-26-23(28)20-13-8-7-12-19(20)21(25-26)22(27)24-15-17-10-5-6-11-18(17)16-29-2/h5-8,10-13H,3-4,9,14-16H2,1-2H3,(H,24,27). The van der Waals surface area contributed by atoms with Crippen molar-refractivity contribution >= 4 is 16.7 Å². The van der Waals surface area contributed by atoms with Crippen molar-refractivity contribution in [3.05, 3.63) is 75.7 Å². The van der Waals surface area contributed by atoms with Crippen LogP contribution >= 0.6 is 0 Å². The molecule has 152 valence electrons. The summed E-state index contributed by atoms with van der Waals surface area (Å²) in [6, 6.07) is 15.0. The van der Waals surface area contributed by atoms with Crippen LogP contribution in [0.3, 0.4) is 0 Å². The number of rotatable bonds is 9. The molecule has 0 aliphatic rings. The van der Waals surface area contributed by atoms with Crippen molar-refractivity contribution in [2.75, 3.05) is 7.11 Å². The van der Waals surface area contributed by atoms with Gasteiger partial charge < -0.3 is 10.1 Å². The van der Waals surface area contributed by atoms with Gasteiger partial charge in [-0.05, 0) is 23.6 Å². The molecule has 0 saturated heterocycles. The first-order valence-electron chi connectivity index (χ1n) is 9.99. The Bertz CT molecular complexity index is 1040. The first kappa shape index (κ1) is 20.7. The number of unbranched alkanes of at least 4 members (excludes halogenated alkanes) is 2. The maximum Gasteiger partial charge on any atom is 0.274 e. The third-order valence-electron chi connectivity index (χ3n) is 4.91.